The van der Waals surface area contributed by atoms with Crippen LogP contribution in [0.25, 0.3) is 0 Å². The summed E-state index contributed by atoms with van der Waals surface area (Å²) in [5.74, 6) is 1.49. The second-order valence-electron chi connectivity index (χ2n) is 5.92. The largest absolute Gasteiger partial charge is 0.464 e. The van der Waals surface area contributed by atoms with Crippen molar-refractivity contribution < 1.29 is 9.21 Å². The molecule has 0 saturated carbocycles. The van der Waals surface area contributed by atoms with Crippen LogP contribution in [0.3, 0.4) is 0 Å². The van der Waals surface area contributed by atoms with E-state index in [0.717, 1.165) is 5.76 Å². The van der Waals surface area contributed by atoms with Crippen LogP contribution in [0.2, 0.25) is 5.02 Å². The number of amides is 1. The van der Waals surface area contributed by atoms with E-state index in [0.29, 0.717) is 33.7 Å². The van der Waals surface area contributed by atoms with E-state index in [-0.39, 0.29) is 5.91 Å². The number of anilines is 2. The van der Waals surface area contributed by atoms with E-state index >= 15 is 0 Å². The van der Waals surface area contributed by atoms with Gasteiger partial charge in [-0.2, -0.15) is 4.68 Å². The molecule has 3 heterocycles. The number of rotatable bonds is 3. The molecule has 8 nitrogen and oxygen atoms in total. The predicted molar refractivity (Wildman–Crippen MR) is 95.8 cm³/mol. The number of halogens is 1. The number of allylic oxidation sites excluding steroid dienone is 1. The topological polar surface area (TPSA) is 97.9 Å². The SMILES string of the molecule is CC1=C(C(=O)Nc2ccc(Cl)cc2)[C@@H](c2ccc(C)o2)n2nnnc2N1. The van der Waals surface area contributed by atoms with Crippen LogP contribution in [-0.2, 0) is 4.79 Å². The number of aromatic nitrogens is 4. The molecule has 4 rings (SSSR count). The number of carbonyl (C=O) groups excluding carboxylic acids is 1. The molecular formula is C17H15ClN6O2. The van der Waals surface area contributed by atoms with Gasteiger partial charge in [-0.3, -0.25) is 4.79 Å². The summed E-state index contributed by atoms with van der Waals surface area (Å²) in [7, 11) is 0. The van der Waals surface area contributed by atoms with Gasteiger partial charge in [0.1, 0.15) is 17.6 Å². The Morgan fingerprint density at radius 2 is 2.00 bits per heavy atom. The molecule has 2 aromatic heterocycles. The summed E-state index contributed by atoms with van der Waals surface area (Å²) in [5, 5.41) is 18.2. The van der Waals surface area contributed by atoms with E-state index in [9.17, 15) is 4.79 Å². The molecule has 0 fully saturated rings. The average Bonchev–Trinajstić information content (AvgIpc) is 3.24. The quantitative estimate of drug-likeness (QED) is 0.735. The molecule has 0 saturated heterocycles. The number of hydrogen-bond donors (Lipinski definition) is 2. The first-order chi connectivity index (χ1) is 12.5. The van der Waals surface area contributed by atoms with Gasteiger partial charge in [0, 0.05) is 16.4 Å². The monoisotopic (exact) mass is 370 g/mol. The zero-order chi connectivity index (χ0) is 18.3. The van der Waals surface area contributed by atoms with Crippen LogP contribution in [-0.4, -0.2) is 26.1 Å². The zero-order valence-corrected chi connectivity index (χ0v) is 14.8. The smallest absolute Gasteiger partial charge is 0.256 e. The van der Waals surface area contributed by atoms with Crippen LogP contribution in [0.15, 0.2) is 52.1 Å². The van der Waals surface area contributed by atoms with Crippen molar-refractivity contribution in [3.63, 3.8) is 0 Å². The van der Waals surface area contributed by atoms with Crippen molar-refractivity contribution in [2.45, 2.75) is 19.9 Å². The van der Waals surface area contributed by atoms with Gasteiger partial charge in [-0.25, -0.2) is 0 Å². The Bertz CT molecular complexity index is 1000. The molecule has 0 spiro atoms. The van der Waals surface area contributed by atoms with Crippen molar-refractivity contribution in [3.05, 3.63) is 64.2 Å². The first-order valence-electron chi connectivity index (χ1n) is 7.92. The summed E-state index contributed by atoms with van der Waals surface area (Å²) in [5.41, 5.74) is 1.75. The Morgan fingerprint density at radius 3 is 2.69 bits per heavy atom. The summed E-state index contributed by atoms with van der Waals surface area (Å²) in [6, 6.07) is 9.99. The molecule has 9 heteroatoms. The molecule has 0 bridgehead atoms. The fourth-order valence-corrected chi connectivity index (χ4v) is 3.03. The van der Waals surface area contributed by atoms with Crippen molar-refractivity contribution in [2.24, 2.45) is 0 Å². The summed E-state index contributed by atoms with van der Waals surface area (Å²) in [6.45, 7) is 3.65. The highest BCUT2D eigenvalue weighted by Gasteiger charge is 2.35. The third-order valence-corrected chi connectivity index (χ3v) is 4.34. The van der Waals surface area contributed by atoms with Gasteiger partial charge in [-0.15, -0.1) is 0 Å². The van der Waals surface area contributed by atoms with Crippen molar-refractivity contribution in [3.8, 4) is 0 Å². The lowest BCUT2D eigenvalue weighted by Crippen LogP contribution is -2.31. The minimum Gasteiger partial charge on any atom is -0.464 e. The molecule has 0 aliphatic carbocycles. The van der Waals surface area contributed by atoms with Gasteiger partial charge in [0.25, 0.3) is 5.91 Å². The zero-order valence-electron chi connectivity index (χ0n) is 14.0. The lowest BCUT2D eigenvalue weighted by Gasteiger charge is -2.26. The Labute approximate surface area is 153 Å². The van der Waals surface area contributed by atoms with Crippen LogP contribution >= 0.6 is 11.6 Å². The highest BCUT2D eigenvalue weighted by Crippen LogP contribution is 2.35. The molecule has 2 N–H and O–H groups in total. The van der Waals surface area contributed by atoms with E-state index < -0.39 is 6.04 Å². The number of carbonyl (C=O) groups is 1. The highest BCUT2D eigenvalue weighted by molar-refractivity contribution is 6.30. The fraction of sp³-hybridized carbons (Fsp3) is 0.176. The van der Waals surface area contributed by atoms with Gasteiger partial charge in [-0.1, -0.05) is 16.7 Å². The lowest BCUT2D eigenvalue weighted by molar-refractivity contribution is -0.113. The van der Waals surface area contributed by atoms with Crippen LogP contribution in [0.4, 0.5) is 11.6 Å². The van der Waals surface area contributed by atoms with Crippen LogP contribution < -0.4 is 10.6 Å². The number of furan rings is 1. The fourth-order valence-electron chi connectivity index (χ4n) is 2.90. The van der Waals surface area contributed by atoms with Gasteiger partial charge in [-0.05, 0) is 60.7 Å². The maximum Gasteiger partial charge on any atom is 0.256 e. The Kier molecular flexibility index (Phi) is 3.96. The Morgan fingerprint density at radius 1 is 1.23 bits per heavy atom. The van der Waals surface area contributed by atoms with E-state index in [1.165, 1.54) is 4.68 Å². The van der Waals surface area contributed by atoms with Gasteiger partial charge in [0.2, 0.25) is 5.95 Å². The van der Waals surface area contributed by atoms with E-state index in [2.05, 4.69) is 26.2 Å². The van der Waals surface area contributed by atoms with Gasteiger partial charge < -0.3 is 15.1 Å². The van der Waals surface area contributed by atoms with E-state index in [1.807, 2.05) is 19.1 Å². The van der Waals surface area contributed by atoms with Crippen LogP contribution in [0.5, 0.6) is 0 Å². The molecule has 0 radical (unpaired) electrons. The molecular weight excluding hydrogens is 356 g/mol. The number of fused-ring (bicyclic) bond motifs is 1. The minimum absolute atomic E-state index is 0.280. The van der Waals surface area contributed by atoms with Crippen molar-refractivity contribution in [1.29, 1.82) is 0 Å². The summed E-state index contributed by atoms with van der Waals surface area (Å²) >= 11 is 5.90. The van der Waals surface area contributed by atoms with Gasteiger partial charge in [0.15, 0.2) is 0 Å². The summed E-state index contributed by atoms with van der Waals surface area (Å²) in [4.78, 5) is 13.0. The highest BCUT2D eigenvalue weighted by atomic mass is 35.5. The van der Waals surface area contributed by atoms with Crippen molar-refractivity contribution >= 4 is 29.1 Å². The molecule has 3 aromatic rings. The maximum atomic E-state index is 13.0. The lowest BCUT2D eigenvalue weighted by atomic mass is 10.00. The van der Waals surface area contributed by atoms with Crippen molar-refractivity contribution in [2.75, 3.05) is 10.6 Å². The number of benzene rings is 1. The Balaban J connectivity index is 1.74. The minimum atomic E-state index is -0.567. The maximum absolute atomic E-state index is 13.0. The second kappa shape index (κ2) is 6.30. The number of hydrogen-bond acceptors (Lipinski definition) is 6. The standard InChI is InChI=1S/C17H15ClN6O2/c1-9-3-8-13(26-9)15-14(10(2)19-17-21-22-23-24(15)17)16(25)20-12-6-4-11(18)5-7-12/h3-8,15H,1-2H3,(H,20,25)(H,19,21,23)/t15-/m1/s1. The first kappa shape index (κ1) is 16.3. The van der Waals surface area contributed by atoms with E-state index in [4.69, 9.17) is 16.0 Å². The summed E-state index contributed by atoms with van der Waals surface area (Å²) in [6.07, 6.45) is 0. The molecule has 132 valence electrons. The van der Waals surface area contributed by atoms with Crippen LogP contribution in [0.1, 0.15) is 24.5 Å². The molecule has 1 aliphatic heterocycles. The van der Waals surface area contributed by atoms with E-state index in [1.54, 1.807) is 31.2 Å². The second-order valence-corrected chi connectivity index (χ2v) is 6.36. The molecule has 1 aliphatic rings. The third-order valence-electron chi connectivity index (χ3n) is 4.09. The van der Waals surface area contributed by atoms with Gasteiger partial charge >= 0.3 is 0 Å². The van der Waals surface area contributed by atoms with Crippen LogP contribution in [0, 0.1) is 6.92 Å². The third kappa shape index (κ3) is 2.84. The normalized spacial score (nSPS) is 16.2. The molecule has 1 atom stereocenters. The molecule has 1 aromatic carbocycles. The number of tetrazole rings is 1. The Hall–Kier alpha value is -3.13. The molecule has 26 heavy (non-hydrogen) atoms. The number of nitrogens with zero attached hydrogens (tertiary/aromatic N) is 4. The molecule has 0 unspecified atom stereocenters. The summed E-state index contributed by atoms with van der Waals surface area (Å²) < 4.78 is 7.30. The average molecular weight is 371 g/mol. The van der Waals surface area contributed by atoms with Crippen molar-refractivity contribution in [1.82, 2.24) is 20.2 Å². The number of nitrogens with one attached hydrogen (secondary N) is 2. The molecule has 1 amide bonds. The van der Waals surface area contributed by atoms with Gasteiger partial charge in [0.05, 0.1) is 5.57 Å². The first-order valence-corrected chi connectivity index (χ1v) is 8.29. The predicted octanol–water partition coefficient (Wildman–Crippen LogP) is 3.16. The number of aryl methyl sites for hydroxylation is 1.